The average Bonchev–Trinajstić information content (AvgIpc) is 3.21. The molecule has 0 aliphatic carbocycles. The van der Waals surface area contributed by atoms with Crippen molar-refractivity contribution in [1.82, 2.24) is 0 Å². The number of hydrogen-bond donors (Lipinski definition) is 0. The van der Waals surface area contributed by atoms with Gasteiger partial charge in [0, 0.05) is 17.5 Å². The van der Waals surface area contributed by atoms with E-state index in [2.05, 4.69) is 4.74 Å². The van der Waals surface area contributed by atoms with Crippen LogP contribution in [0.4, 0.5) is 4.39 Å². The van der Waals surface area contributed by atoms with Gasteiger partial charge in [-0.2, -0.15) is 8.42 Å². The molecule has 0 atom stereocenters. The smallest absolute Gasteiger partial charge is 0.342 e. The number of hydrogen-bond acceptors (Lipinski definition) is 7. The second-order valence-electron chi connectivity index (χ2n) is 8.25. The van der Waals surface area contributed by atoms with E-state index < -0.39 is 16.1 Å². The number of benzene rings is 2. The summed E-state index contributed by atoms with van der Waals surface area (Å²) in [6.45, 7) is 5.28. The van der Waals surface area contributed by atoms with Crippen LogP contribution < -0.4 is 4.18 Å². The number of ether oxygens (including phenoxy) is 2. The van der Waals surface area contributed by atoms with Gasteiger partial charge in [-0.05, 0) is 62.9 Å². The van der Waals surface area contributed by atoms with Crippen molar-refractivity contribution in [2.24, 2.45) is 0 Å². The van der Waals surface area contributed by atoms with E-state index in [9.17, 15) is 22.4 Å². The molecule has 0 unspecified atom stereocenters. The van der Waals surface area contributed by atoms with E-state index in [-0.39, 0.29) is 41.6 Å². The molecule has 0 bridgehead atoms. The van der Waals surface area contributed by atoms with E-state index >= 15 is 0 Å². The Morgan fingerprint density at radius 1 is 1.17 bits per heavy atom. The molecule has 0 saturated heterocycles. The molecule has 0 spiro atoms. The third-order valence-electron chi connectivity index (χ3n) is 5.87. The molecule has 2 aromatic rings. The van der Waals surface area contributed by atoms with Crippen molar-refractivity contribution in [3.05, 3.63) is 75.6 Å². The van der Waals surface area contributed by atoms with Crippen LogP contribution in [0.2, 0.25) is 0 Å². The average molecular weight is 503 g/mol. The minimum Gasteiger partial charge on any atom is -0.469 e. The molecule has 186 valence electrons. The molecule has 0 saturated carbocycles. The number of halogens is 1. The Morgan fingerprint density at radius 3 is 2.49 bits per heavy atom. The quantitative estimate of drug-likeness (QED) is 0.267. The number of carbonyl (C=O) groups is 2. The summed E-state index contributed by atoms with van der Waals surface area (Å²) in [5, 5.41) is 0. The molecule has 0 N–H and O–H groups in total. The summed E-state index contributed by atoms with van der Waals surface area (Å²) in [5.74, 6) is -1.25. The number of cyclic esters (lactones) is 1. The van der Waals surface area contributed by atoms with Crippen molar-refractivity contribution in [1.29, 1.82) is 0 Å². The minimum atomic E-state index is -4.31. The second-order valence-corrected chi connectivity index (χ2v) is 9.80. The van der Waals surface area contributed by atoms with E-state index in [1.165, 1.54) is 25.3 Å². The summed E-state index contributed by atoms with van der Waals surface area (Å²) >= 11 is 0. The van der Waals surface area contributed by atoms with Gasteiger partial charge in [0.1, 0.15) is 17.1 Å². The first kappa shape index (κ1) is 26.2. The van der Waals surface area contributed by atoms with Crippen LogP contribution in [0.15, 0.2) is 47.1 Å². The Kier molecular flexibility index (Phi) is 8.11. The minimum absolute atomic E-state index is 0.0183. The number of allylic oxidation sites excluding steroid dienone is 2. The Morgan fingerprint density at radius 2 is 1.86 bits per heavy atom. The van der Waals surface area contributed by atoms with Crippen molar-refractivity contribution in [2.45, 2.75) is 51.5 Å². The lowest BCUT2D eigenvalue weighted by Gasteiger charge is -2.18. The van der Waals surface area contributed by atoms with Gasteiger partial charge in [-0.15, -0.1) is 0 Å². The van der Waals surface area contributed by atoms with Gasteiger partial charge in [0.05, 0.1) is 13.4 Å². The maximum Gasteiger partial charge on any atom is 0.342 e. The summed E-state index contributed by atoms with van der Waals surface area (Å²) in [7, 11) is -3.01. The van der Waals surface area contributed by atoms with Crippen molar-refractivity contribution in [3.63, 3.8) is 0 Å². The highest BCUT2D eigenvalue weighted by molar-refractivity contribution is 7.87. The third-order valence-corrected chi connectivity index (χ3v) is 7.11. The van der Waals surface area contributed by atoms with Crippen molar-refractivity contribution in [2.75, 3.05) is 7.11 Å². The zero-order chi connectivity index (χ0) is 25.8. The molecular weight excluding hydrogens is 475 g/mol. The van der Waals surface area contributed by atoms with E-state index in [4.69, 9.17) is 8.92 Å². The number of methoxy groups -OCH3 is 1. The fourth-order valence-electron chi connectivity index (χ4n) is 3.82. The normalized spacial score (nSPS) is 13.6. The van der Waals surface area contributed by atoms with E-state index in [0.29, 0.717) is 35.0 Å². The highest BCUT2D eigenvalue weighted by Gasteiger charge is 2.34. The molecule has 0 amide bonds. The Hall–Kier alpha value is -3.46. The van der Waals surface area contributed by atoms with Gasteiger partial charge >= 0.3 is 22.1 Å². The van der Waals surface area contributed by atoms with Crippen LogP contribution in [0.5, 0.6) is 5.75 Å². The number of carbonyl (C=O) groups excluding carboxylic acids is 2. The van der Waals surface area contributed by atoms with Crippen molar-refractivity contribution >= 4 is 28.1 Å². The highest BCUT2D eigenvalue weighted by atomic mass is 32.2. The number of fused-ring (bicyclic) bond motifs is 1. The zero-order valence-corrected chi connectivity index (χ0v) is 20.8. The van der Waals surface area contributed by atoms with Crippen LogP contribution >= 0.6 is 0 Å². The van der Waals surface area contributed by atoms with Crippen LogP contribution in [0, 0.1) is 13.8 Å². The van der Waals surface area contributed by atoms with E-state index in [1.54, 1.807) is 25.1 Å². The molecule has 7 nitrogen and oxygen atoms in total. The lowest BCUT2D eigenvalue weighted by Crippen LogP contribution is -2.15. The zero-order valence-electron chi connectivity index (χ0n) is 20.0. The molecule has 35 heavy (non-hydrogen) atoms. The van der Waals surface area contributed by atoms with Crippen LogP contribution in [-0.4, -0.2) is 27.5 Å². The summed E-state index contributed by atoms with van der Waals surface area (Å²) < 4.78 is 55.1. The summed E-state index contributed by atoms with van der Waals surface area (Å²) in [4.78, 5) is 24.0. The van der Waals surface area contributed by atoms with Crippen LogP contribution in [0.3, 0.4) is 0 Å². The van der Waals surface area contributed by atoms with Crippen molar-refractivity contribution in [3.8, 4) is 5.75 Å². The summed E-state index contributed by atoms with van der Waals surface area (Å²) in [6.07, 6.45) is 4.07. The molecule has 0 fully saturated rings. The largest absolute Gasteiger partial charge is 0.469 e. The maximum atomic E-state index is 13.4. The fourth-order valence-corrected chi connectivity index (χ4v) is 4.79. The number of esters is 2. The van der Waals surface area contributed by atoms with Gasteiger partial charge in [0.2, 0.25) is 0 Å². The van der Waals surface area contributed by atoms with Crippen LogP contribution in [0.25, 0.3) is 6.08 Å². The number of aryl methyl sites for hydroxylation is 1. The van der Waals surface area contributed by atoms with E-state index in [0.717, 1.165) is 11.1 Å². The summed E-state index contributed by atoms with van der Waals surface area (Å²) in [5.41, 5.74) is 3.48. The molecule has 2 aromatic carbocycles. The first-order chi connectivity index (χ1) is 16.6. The lowest BCUT2D eigenvalue weighted by molar-refractivity contribution is -0.140. The second kappa shape index (κ2) is 10.9. The van der Waals surface area contributed by atoms with Gasteiger partial charge in [0.25, 0.3) is 0 Å². The number of rotatable bonds is 9. The van der Waals surface area contributed by atoms with Crippen LogP contribution in [0.1, 0.15) is 57.9 Å². The molecule has 0 radical (unpaired) electrons. The first-order valence-corrected chi connectivity index (χ1v) is 12.4. The van der Waals surface area contributed by atoms with Crippen molar-refractivity contribution < 1.29 is 36.1 Å². The lowest BCUT2D eigenvalue weighted by atomic mass is 9.90. The van der Waals surface area contributed by atoms with Gasteiger partial charge in [-0.25, -0.2) is 9.18 Å². The summed E-state index contributed by atoms with van der Waals surface area (Å²) in [6, 6.07) is 6.10. The monoisotopic (exact) mass is 502 g/mol. The standard InChI is InChI=1S/C26H27FO7S/c1-16-5-9-19(10-6-16)35(30,31)34-25-21(11-7-17(2)8-12-23(28)32-4)20(13-14-27)18(3)22-15-33-26(29)24(22)25/h5-7,9-10,13-14H,8,11-12,15H2,1-4H3/b14-13?,17-7+. The van der Waals surface area contributed by atoms with Gasteiger partial charge < -0.3 is 13.7 Å². The Balaban J connectivity index is 2.14. The topological polar surface area (TPSA) is 96.0 Å². The van der Waals surface area contributed by atoms with Gasteiger partial charge in [0.15, 0.2) is 5.75 Å². The highest BCUT2D eigenvalue weighted by Crippen LogP contribution is 2.41. The van der Waals surface area contributed by atoms with Gasteiger partial charge in [-0.3, -0.25) is 4.79 Å². The third kappa shape index (κ3) is 5.79. The van der Waals surface area contributed by atoms with Gasteiger partial charge in [-0.1, -0.05) is 29.3 Å². The SMILES string of the molecule is COC(=O)CC/C(C)=C/Cc1c(C=CF)c(C)c2c(c1OS(=O)(=O)c1ccc(C)cc1)C(=O)OC2. The molecule has 9 heteroatoms. The predicted octanol–water partition coefficient (Wildman–Crippen LogP) is 5.12. The molecule has 1 aliphatic rings. The molecule has 0 aromatic heterocycles. The molecule has 1 aliphatic heterocycles. The van der Waals surface area contributed by atoms with Crippen LogP contribution in [-0.2, 0) is 37.4 Å². The molecule has 1 heterocycles. The fraction of sp³-hybridized carbons (Fsp3) is 0.308. The Bertz CT molecular complexity index is 1310. The maximum absolute atomic E-state index is 13.4. The molecular formula is C26H27FO7S. The first-order valence-electron chi connectivity index (χ1n) is 10.9. The molecule has 3 rings (SSSR count). The van der Waals surface area contributed by atoms with E-state index in [1.807, 2.05) is 13.8 Å². The Labute approximate surface area is 204 Å². The predicted molar refractivity (Wildman–Crippen MR) is 128 cm³/mol.